The third-order valence-electron chi connectivity index (χ3n) is 2.70. The highest BCUT2D eigenvalue weighted by Gasteiger charge is 2.05. The van der Waals surface area contributed by atoms with Crippen LogP contribution in [-0.4, -0.2) is 22.2 Å². The normalized spacial score (nSPS) is 10.9. The van der Waals surface area contributed by atoms with Crippen molar-refractivity contribution in [2.45, 2.75) is 47.1 Å². The highest BCUT2D eigenvalue weighted by molar-refractivity contribution is 5.75. The van der Waals surface area contributed by atoms with E-state index in [0.717, 1.165) is 24.4 Å². The maximum atomic E-state index is 11.6. The Balaban J connectivity index is 2.26. The zero-order valence-corrected chi connectivity index (χ0v) is 11.3. The zero-order valence-electron chi connectivity index (χ0n) is 11.3. The van der Waals surface area contributed by atoms with Crippen LogP contribution in [0.1, 0.15) is 38.1 Å². The van der Waals surface area contributed by atoms with Gasteiger partial charge in [0.25, 0.3) is 0 Å². The van der Waals surface area contributed by atoms with E-state index >= 15 is 0 Å². The average molecular weight is 237 g/mol. The molecule has 1 amide bonds. The number of aryl methyl sites for hydroxylation is 3. The van der Waals surface area contributed by atoms with Gasteiger partial charge in [0.15, 0.2) is 0 Å². The van der Waals surface area contributed by atoms with Gasteiger partial charge in [-0.3, -0.25) is 9.48 Å². The molecule has 0 aliphatic carbocycles. The first-order valence-corrected chi connectivity index (χ1v) is 6.26. The van der Waals surface area contributed by atoms with E-state index in [1.807, 2.05) is 24.6 Å². The molecule has 0 aromatic carbocycles. The van der Waals surface area contributed by atoms with Crippen LogP contribution in [0.4, 0.5) is 0 Å². The third-order valence-corrected chi connectivity index (χ3v) is 2.70. The fourth-order valence-corrected chi connectivity index (χ4v) is 1.70. The van der Waals surface area contributed by atoms with Crippen molar-refractivity contribution >= 4 is 5.91 Å². The Labute approximate surface area is 103 Å². The molecule has 0 saturated carbocycles. The number of hydrogen-bond donors (Lipinski definition) is 1. The standard InChI is InChI=1S/C13H23N3O/c1-10(2)5-7-14-13(17)6-8-16-12(4)9-11(3)15-16/h9-10H,5-8H2,1-4H3,(H,14,17). The number of nitrogens with one attached hydrogen (secondary N) is 1. The molecule has 1 heterocycles. The molecule has 4 heteroatoms. The molecule has 0 aliphatic rings. The van der Waals surface area contributed by atoms with E-state index in [1.54, 1.807) is 0 Å². The molecule has 0 spiro atoms. The van der Waals surface area contributed by atoms with E-state index < -0.39 is 0 Å². The topological polar surface area (TPSA) is 46.9 Å². The zero-order chi connectivity index (χ0) is 12.8. The van der Waals surface area contributed by atoms with Crippen molar-refractivity contribution in [3.8, 4) is 0 Å². The van der Waals surface area contributed by atoms with Gasteiger partial charge in [0, 0.05) is 25.2 Å². The summed E-state index contributed by atoms with van der Waals surface area (Å²) >= 11 is 0. The minimum absolute atomic E-state index is 0.109. The van der Waals surface area contributed by atoms with Gasteiger partial charge in [-0.2, -0.15) is 5.10 Å². The highest BCUT2D eigenvalue weighted by atomic mass is 16.1. The quantitative estimate of drug-likeness (QED) is 0.823. The SMILES string of the molecule is Cc1cc(C)n(CCC(=O)NCCC(C)C)n1. The summed E-state index contributed by atoms with van der Waals surface area (Å²) in [7, 11) is 0. The van der Waals surface area contributed by atoms with Crippen LogP contribution in [0.25, 0.3) is 0 Å². The van der Waals surface area contributed by atoms with Gasteiger partial charge in [-0.05, 0) is 32.3 Å². The summed E-state index contributed by atoms with van der Waals surface area (Å²) in [6.45, 7) is 9.72. The van der Waals surface area contributed by atoms with Crippen LogP contribution in [0, 0.1) is 19.8 Å². The molecular formula is C13H23N3O. The lowest BCUT2D eigenvalue weighted by atomic mass is 10.1. The third kappa shape index (κ3) is 5.02. The molecule has 1 N–H and O–H groups in total. The Morgan fingerprint density at radius 3 is 2.71 bits per heavy atom. The first kappa shape index (κ1) is 13.7. The van der Waals surface area contributed by atoms with Crippen molar-refractivity contribution in [3.63, 3.8) is 0 Å². The van der Waals surface area contributed by atoms with Gasteiger partial charge < -0.3 is 5.32 Å². The lowest BCUT2D eigenvalue weighted by Gasteiger charge is -2.08. The summed E-state index contributed by atoms with van der Waals surface area (Å²) in [4.78, 5) is 11.6. The molecule has 96 valence electrons. The molecule has 0 unspecified atom stereocenters. The van der Waals surface area contributed by atoms with Crippen LogP contribution in [0.15, 0.2) is 6.07 Å². The van der Waals surface area contributed by atoms with Gasteiger partial charge in [-0.15, -0.1) is 0 Å². The summed E-state index contributed by atoms with van der Waals surface area (Å²) in [6, 6.07) is 2.02. The number of rotatable bonds is 6. The summed E-state index contributed by atoms with van der Waals surface area (Å²) in [6.07, 6.45) is 1.53. The lowest BCUT2D eigenvalue weighted by molar-refractivity contribution is -0.121. The van der Waals surface area contributed by atoms with Crippen molar-refractivity contribution in [3.05, 3.63) is 17.5 Å². The van der Waals surface area contributed by atoms with E-state index in [9.17, 15) is 4.79 Å². The van der Waals surface area contributed by atoms with Crippen molar-refractivity contribution in [1.82, 2.24) is 15.1 Å². The molecule has 0 radical (unpaired) electrons. The van der Waals surface area contributed by atoms with Crippen LogP contribution >= 0.6 is 0 Å². The summed E-state index contributed by atoms with van der Waals surface area (Å²) in [5, 5.41) is 7.26. The molecule has 1 aromatic heterocycles. The number of carbonyl (C=O) groups excluding carboxylic acids is 1. The largest absolute Gasteiger partial charge is 0.356 e. The first-order chi connectivity index (χ1) is 7.99. The molecule has 0 fully saturated rings. The van der Waals surface area contributed by atoms with Gasteiger partial charge in [-0.1, -0.05) is 13.8 Å². The van der Waals surface area contributed by atoms with E-state index in [1.165, 1.54) is 0 Å². The first-order valence-electron chi connectivity index (χ1n) is 6.26. The van der Waals surface area contributed by atoms with Crippen LogP contribution in [0.3, 0.4) is 0 Å². The summed E-state index contributed by atoms with van der Waals surface area (Å²) in [5.74, 6) is 0.740. The van der Waals surface area contributed by atoms with Gasteiger partial charge in [0.1, 0.15) is 0 Å². The summed E-state index contributed by atoms with van der Waals surface area (Å²) in [5.41, 5.74) is 2.11. The van der Waals surface area contributed by atoms with Crippen molar-refractivity contribution < 1.29 is 4.79 Å². The van der Waals surface area contributed by atoms with Crippen LogP contribution in [-0.2, 0) is 11.3 Å². The second-order valence-corrected chi connectivity index (χ2v) is 4.93. The Morgan fingerprint density at radius 1 is 1.47 bits per heavy atom. The molecule has 1 rings (SSSR count). The Hall–Kier alpha value is -1.32. The molecule has 4 nitrogen and oxygen atoms in total. The maximum Gasteiger partial charge on any atom is 0.221 e. The van der Waals surface area contributed by atoms with Gasteiger partial charge >= 0.3 is 0 Å². The van der Waals surface area contributed by atoms with Crippen molar-refractivity contribution in [2.24, 2.45) is 5.92 Å². The minimum atomic E-state index is 0.109. The Kier molecular flexibility index (Phi) is 5.19. The van der Waals surface area contributed by atoms with Crippen molar-refractivity contribution in [2.75, 3.05) is 6.54 Å². The second-order valence-electron chi connectivity index (χ2n) is 4.93. The van der Waals surface area contributed by atoms with E-state index in [-0.39, 0.29) is 5.91 Å². The number of amides is 1. The fraction of sp³-hybridized carbons (Fsp3) is 0.692. The van der Waals surface area contributed by atoms with Gasteiger partial charge in [0.2, 0.25) is 5.91 Å². The lowest BCUT2D eigenvalue weighted by Crippen LogP contribution is -2.26. The van der Waals surface area contributed by atoms with Gasteiger partial charge in [0.05, 0.1) is 5.69 Å². The number of aromatic nitrogens is 2. The van der Waals surface area contributed by atoms with E-state index in [2.05, 4.69) is 24.3 Å². The van der Waals surface area contributed by atoms with Crippen LogP contribution < -0.4 is 5.32 Å². The average Bonchev–Trinajstić information content (AvgIpc) is 2.54. The smallest absolute Gasteiger partial charge is 0.221 e. The summed E-state index contributed by atoms with van der Waals surface area (Å²) < 4.78 is 1.89. The van der Waals surface area contributed by atoms with Gasteiger partial charge in [-0.25, -0.2) is 0 Å². The molecular weight excluding hydrogens is 214 g/mol. The number of carbonyl (C=O) groups is 1. The monoisotopic (exact) mass is 237 g/mol. The highest BCUT2D eigenvalue weighted by Crippen LogP contribution is 2.02. The van der Waals surface area contributed by atoms with E-state index in [4.69, 9.17) is 0 Å². The number of nitrogens with zero attached hydrogens (tertiary/aromatic N) is 2. The molecule has 17 heavy (non-hydrogen) atoms. The number of hydrogen-bond acceptors (Lipinski definition) is 2. The predicted octanol–water partition coefficient (Wildman–Crippen LogP) is 2.05. The molecule has 0 aliphatic heterocycles. The maximum absolute atomic E-state index is 11.6. The molecule has 0 bridgehead atoms. The van der Waals surface area contributed by atoms with Crippen molar-refractivity contribution in [1.29, 1.82) is 0 Å². The molecule has 0 atom stereocenters. The minimum Gasteiger partial charge on any atom is -0.356 e. The molecule has 0 saturated heterocycles. The Bertz CT molecular complexity index is 369. The van der Waals surface area contributed by atoms with E-state index in [0.29, 0.717) is 18.9 Å². The second kappa shape index (κ2) is 6.42. The van der Waals surface area contributed by atoms with Crippen LogP contribution in [0.2, 0.25) is 0 Å². The Morgan fingerprint density at radius 2 is 2.18 bits per heavy atom. The fourth-order valence-electron chi connectivity index (χ4n) is 1.70. The predicted molar refractivity (Wildman–Crippen MR) is 68.8 cm³/mol. The van der Waals surface area contributed by atoms with Crippen LogP contribution in [0.5, 0.6) is 0 Å². The molecule has 1 aromatic rings.